The van der Waals surface area contributed by atoms with Gasteiger partial charge in [0.1, 0.15) is 11.4 Å². The van der Waals surface area contributed by atoms with Gasteiger partial charge in [-0.1, -0.05) is 29.3 Å². The lowest BCUT2D eigenvalue weighted by atomic mass is 10.0. The number of nitrogens with zero attached hydrogens (tertiary/aromatic N) is 2. The van der Waals surface area contributed by atoms with E-state index in [1.54, 1.807) is 18.2 Å². The molecule has 1 N–H and O–H groups in total. The molecule has 9 heteroatoms. The molecule has 0 saturated heterocycles. The van der Waals surface area contributed by atoms with E-state index in [2.05, 4.69) is 15.9 Å². The number of carbonyl (C=O) groups is 1. The summed E-state index contributed by atoms with van der Waals surface area (Å²) >= 11 is 17.7. The van der Waals surface area contributed by atoms with Gasteiger partial charge in [-0.25, -0.2) is 4.79 Å². The predicted octanol–water partition coefficient (Wildman–Crippen LogP) is 7.26. The fourth-order valence-corrected chi connectivity index (χ4v) is 5.84. The highest BCUT2D eigenvalue weighted by atomic mass is 79.9. The monoisotopic (exact) mass is 572 g/mol. The molecule has 1 heterocycles. The maximum absolute atomic E-state index is 13.5. The van der Waals surface area contributed by atoms with Gasteiger partial charge >= 0.3 is 5.97 Å². The average molecular weight is 574 g/mol. The van der Waals surface area contributed by atoms with Crippen LogP contribution in [0.5, 0.6) is 5.75 Å². The molecule has 0 amide bonds. The summed E-state index contributed by atoms with van der Waals surface area (Å²) in [5.74, 6) is 0.110. The van der Waals surface area contributed by atoms with Crippen molar-refractivity contribution >= 4 is 67.8 Å². The third-order valence-electron chi connectivity index (χ3n) is 4.99. The van der Waals surface area contributed by atoms with Crippen LogP contribution < -0.4 is 0 Å². The standard InChI is InChI=1S/C24H27BrCl2N2O3S/c1-24(2,3)32-23(31)20-18(12-33-22-15(26)8-7-9-16(22)27)29(6)17-10-14(25)21(30)13(19(17)20)11-28(4)5/h7-10,30H,11-12H2,1-6H3. The Hall–Kier alpha value is -1.38. The molecule has 0 radical (unpaired) electrons. The number of rotatable bonds is 6. The SMILES string of the molecule is CN(C)Cc1c(O)c(Br)cc2c1c(C(=O)OC(C)(C)C)c(CSc1c(Cl)cccc1Cl)n2C. The number of aryl methyl sites for hydroxylation is 1. The van der Waals surface area contributed by atoms with Crippen LogP contribution >= 0.6 is 50.9 Å². The van der Waals surface area contributed by atoms with E-state index in [0.29, 0.717) is 43.3 Å². The van der Waals surface area contributed by atoms with Gasteiger partial charge in [-0.15, -0.1) is 11.8 Å². The van der Waals surface area contributed by atoms with Crippen LogP contribution in [-0.4, -0.2) is 40.2 Å². The van der Waals surface area contributed by atoms with Gasteiger partial charge in [-0.3, -0.25) is 0 Å². The first-order valence-corrected chi connectivity index (χ1v) is 12.8. The summed E-state index contributed by atoms with van der Waals surface area (Å²) in [4.78, 5) is 16.2. The Morgan fingerprint density at radius 2 is 1.85 bits per heavy atom. The zero-order valence-corrected chi connectivity index (χ0v) is 23.3. The van der Waals surface area contributed by atoms with Gasteiger partial charge in [0.05, 0.1) is 25.6 Å². The van der Waals surface area contributed by atoms with E-state index in [0.717, 1.165) is 16.1 Å². The number of carbonyl (C=O) groups excluding carboxylic acids is 1. The van der Waals surface area contributed by atoms with Crippen molar-refractivity contribution in [1.82, 2.24) is 9.47 Å². The zero-order chi connectivity index (χ0) is 24.7. The van der Waals surface area contributed by atoms with Crippen LogP contribution in [0.25, 0.3) is 10.9 Å². The van der Waals surface area contributed by atoms with Crippen molar-refractivity contribution in [2.75, 3.05) is 14.1 Å². The van der Waals surface area contributed by atoms with Crippen LogP contribution in [0.4, 0.5) is 0 Å². The highest BCUT2D eigenvalue weighted by Crippen LogP contribution is 2.42. The number of hydrogen-bond donors (Lipinski definition) is 1. The fourth-order valence-electron chi connectivity index (χ4n) is 3.63. The molecular weight excluding hydrogens is 547 g/mol. The number of aromatic hydroxyl groups is 1. The van der Waals surface area contributed by atoms with E-state index in [9.17, 15) is 9.90 Å². The Morgan fingerprint density at radius 3 is 2.39 bits per heavy atom. The van der Waals surface area contributed by atoms with Crippen LogP contribution in [0.15, 0.2) is 33.6 Å². The van der Waals surface area contributed by atoms with Crippen molar-refractivity contribution in [2.45, 2.75) is 43.6 Å². The fraction of sp³-hybridized carbons (Fsp3) is 0.375. The van der Waals surface area contributed by atoms with Gasteiger partial charge in [-0.2, -0.15) is 0 Å². The van der Waals surface area contributed by atoms with Gasteiger partial charge in [0.15, 0.2) is 0 Å². The summed E-state index contributed by atoms with van der Waals surface area (Å²) in [5.41, 5.74) is 2.01. The van der Waals surface area contributed by atoms with Crippen molar-refractivity contribution in [3.8, 4) is 5.75 Å². The normalized spacial score (nSPS) is 12.1. The number of benzene rings is 2. The number of hydrogen-bond acceptors (Lipinski definition) is 5. The second-order valence-corrected chi connectivity index (χ2v) is 11.7. The lowest BCUT2D eigenvalue weighted by molar-refractivity contribution is 0.00706. The van der Waals surface area contributed by atoms with Gasteiger partial charge in [0.25, 0.3) is 0 Å². The molecule has 0 atom stereocenters. The second kappa shape index (κ2) is 10.1. The summed E-state index contributed by atoms with van der Waals surface area (Å²) in [5, 5.41) is 12.7. The number of fused-ring (bicyclic) bond motifs is 1. The number of thioether (sulfide) groups is 1. The van der Waals surface area contributed by atoms with Crippen LogP contribution in [0.2, 0.25) is 10.0 Å². The number of aromatic nitrogens is 1. The molecule has 0 aliphatic carbocycles. The van der Waals surface area contributed by atoms with Crippen LogP contribution in [0, 0.1) is 0 Å². The molecule has 0 aliphatic heterocycles. The summed E-state index contributed by atoms with van der Waals surface area (Å²) in [7, 11) is 5.74. The quantitative estimate of drug-likeness (QED) is 0.248. The topological polar surface area (TPSA) is 54.7 Å². The van der Waals surface area contributed by atoms with E-state index in [1.807, 2.05) is 57.4 Å². The van der Waals surface area contributed by atoms with E-state index < -0.39 is 11.6 Å². The van der Waals surface area contributed by atoms with E-state index >= 15 is 0 Å². The lowest BCUT2D eigenvalue weighted by Crippen LogP contribution is -2.24. The maximum Gasteiger partial charge on any atom is 0.341 e. The molecule has 0 saturated carbocycles. The average Bonchev–Trinajstić information content (AvgIpc) is 2.95. The molecule has 2 aromatic carbocycles. The number of esters is 1. The number of phenols is 1. The molecule has 3 rings (SSSR count). The Bertz CT molecular complexity index is 1200. The van der Waals surface area contributed by atoms with Crippen LogP contribution in [0.1, 0.15) is 42.4 Å². The molecule has 0 spiro atoms. The van der Waals surface area contributed by atoms with Crippen molar-refractivity contribution < 1.29 is 14.6 Å². The second-order valence-electron chi connectivity index (χ2n) is 9.04. The first-order chi connectivity index (χ1) is 15.3. The first-order valence-electron chi connectivity index (χ1n) is 10.3. The predicted molar refractivity (Wildman–Crippen MR) is 141 cm³/mol. The largest absolute Gasteiger partial charge is 0.506 e. The zero-order valence-electron chi connectivity index (χ0n) is 19.4. The van der Waals surface area contributed by atoms with Gasteiger partial charge < -0.3 is 19.3 Å². The number of ether oxygens (including phenoxy) is 1. The third kappa shape index (κ3) is 5.65. The molecule has 0 unspecified atom stereocenters. The molecule has 0 fully saturated rings. The summed E-state index contributed by atoms with van der Waals surface area (Å²) < 4.78 is 8.33. The minimum Gasteiger partial charge on any atom is -0.506 e. The van der Waals surface area contributed by atoms with Crippen molar-refractivity contribution in [2.24, 2.45) is 7.05 Å². The molecule has 0 bridgehead atoms. The Labute approximate surface area is 217 Å². The van der Waals surface area contributed by atoms with Crippen LogP contribution in [0.3, 0.4) is 0 Å². The third-order valence-corrected chi connectivity index (χ3v) is 7.59. The molecule has 178 valence electrons. The Balaban J connectivity index is 2.26. The minimum atomic E-state index is -0.672. The Kier molecular flexibility index (Phi) is 8.01. The maximum atomic E-state index is 13.5. The number of halogens is 3. The first kappa shape index (κ1) is 26.2. The molecule has 3 aromatic rings. The van der Waals surface area contributed by atoms with Crippen molar-refractivity contribution in [1.29, 1.82) is 0 Å². The van der Waals surface area contributed by atoms with E-state index in [4.69, 9.17) is 27.9 Å². The minimum absolute atomic E-state index is 0.111. The molecule has 5 nitrogen and oxygen atoms in total. The Morgan fingerprint density at radius 1 is 1.24 bits per heavy atom. The molecular formula is C24H27BrCl2N2O3S. The molecule has 1 aromatic heterocycles. The smallest absolute Gasteiger partial charge is 0.341 e. The summed E-state index contributed by atoms with van der Waals surface area (Å²) in [6.07, 6.45) is 0. The van der Waals surface area contributed by atoms with Crippen molar-refractivity contribution in [3.63, 3.8) is 0 Å². The highest BCUT2D eigenvalue weighted by Gasteiger charge is 2.30. The number of phenolic OH excluding ortho intramolecular Hbond substituents is 1. The highest BCUT2D eigenvalue weighted by molar-refractivity contribution is 9.10. The molecule has 33 heavy (non-hydrogen) atoms. The molecule has 0 aliphatic rings. The summed E-state index contributed by atoms with van der Waals surface area (Å²) in [6.45, 7) is 5.96. The van der Waals surface area contributed by atoms with Gasteiger partial charge in [0, 0.05) is 40.9 Å². The van der Waals surface area contributed by atoms with Crippen LogP contribution in [-0.2, 0) is 24.1 Å². The van der Waals surface area contributed by atoms with Gasteiger partial charge in [0.2, 0.25) is 0 Å². The lowest BCUT2D eigenvalue weighted by Gasteiger charge is -2.21. The van der Waals surface area contributed by atoms with Crippen molar-refractivity contribution in [3.05, 3.63) is 55.6 Å². The van der Waals surface area contributed by atoms with Gasteiger partial charge in [-0.05, 0) is 69.0 Å². The van der Waals surface area contributed by atoms with E-state index in [1.165, 1.54) is 11.8 Å². The summed E-state index contributed by atoms with van der Waals surface area (Å²) in [6, 6.07) is 7.20. The van der Waals surface area contributed by atoms with E-state index in [-0.39, 0.29) is 5.75 Å².